The molecule has 1 N–H and O–H groups in total. The number of carboxylic acids is 1. The molecular formula is C17H22N2O4S. The van der Waals surface area contributed by atoms with Gasteiger partial charge in [-0.15, -0.1) is 11.3 Å². The van der Waals surface area contributed by atoms with Crippen molar-refractivity contribution in [2.75, 3.05) is 20.8 Å². The van der Waals surface area contributed by atoms with Crippen LogP contribution >= 0.6 is 11.3 Å². The average molecular weight is 350 g/mol. The molecule has 1 aromatic carbocycles. The van der Waals surface area contributed by atoms with Gasteiger partial charge < -0.3 is 14.6 Å². The summed E-state index contributed by atoms with van der Waals surface area (Å²) >= 11 is 1.52. The van der Waals surface area contributed by atoms with E-state index < -0.39 is 12.0 Å². The van der Waals surface area contributed by atoms with E-state index in [0.29, 0.717) is 24.7 Å². The molecule has 0 fully saturated rings. The molecule has 2 rings (SSSR count). The molecule has 0 spiro atoms. The van der Waals surface area contributed by atoms with Crippen molar-refractivity contribution in [3.63, 3.8) is 0 Å². The number of rotatable bonds is 8. The number of hydrogen-bond donors (Lipinski definition) is 1. The fourth-order valence-electron chi connectivity index (χ4n) is 2.17. The summed E-state index contributed by atoms with van der Waals surface area (Å²) in [5.41, 5.74) is 1.79. The predicted molar refractivity (Wildman–Crippen MR) is 93.8 cm³/mol. The van der Waals surface area contributed by atoms with E-state index in [1.54, 1.807) is 26.0 Å². The topological polar surface area (TPSA) is 71.9 Å². The second-order valence-corrected chi connectivity index (χ2v) is 6.23. The number of carboxylic acid groups (broad SMARTS) is 1. The summed E-state index contributed by atoms with van der Waals surface area (Å²) in [6, 6.07) is 5.16. The minimum absolute atomic E-state index is 0.484. The summed E-state index contributed by atoms with van der Waals surface area (Å²) in [6.07, 6.45) is 0. The number of aliphatic carboxylic acids is 1. The van der Waals surface area contributed by atoms with E-state index in [1.807, 2.05) is 30.5 Å². The van der Waals surface area contributed by atoms with E-state index in [9.17, 15) is 4.79 Å². The Balaban J connectivity index is 2.17. The van der Waals surface area contributed by atoms with E-state index in [4.69, 9.17) is 14.6 Å². The van der Waals surface area contributed by atoms with Crippen molar-refractivity contribution < 1.29 is 19.4 Å². The molecule has 1 atom stereocenters. The Morgan fingerprint density at radius 2 is 2.17 bits per heavy atom. The minimum Gasteiger partial charge on any atom is -0.493 e. The van der Waals surface area contributed by atoms with E-state index in [1.165, 1.54) is 11.3 Å². The zero-order valence-corrected chi connectivity index (χ0v) is 15.1. The van der Waals surface area contributed by atoms with Gasteiger partial charge in [0.1, 0.15) is 11.0 Å². The third-order valence-electron chi connectivity index (χ3n) is 3.69. The SMILES string of the molecule is CCOc1ccc(-c2nc(CN(C)C(C)C(=O)O)cs2)cc1OC. The Hall–Kier alpha value is -2.12. The van der Waals surface area contributed by atoms with Crippen LogP contribution in [0, 0.1) is 0 Å². The molecule has 0 saturated carbocycles. The summed E-state index contributed by atoms with van der Waals surface area (Å²) in [4.78, 5) is 17.4. The lowest BCUT2D eigenvalue weighted by Crippen LogP contribution is -2.35. The number of thiazole rings is 1. The molecule has 2 aromatic rings. The third-order valence-corrected chi connectivity index (χ3v) is 4.63. The van der Waals surface area contributed by atoms with Crippen LogP contribution in [0.1, 0.15) is 19.5 Å². The monoisotopic (exact) mass is 350 g/mol. The molecule has 0 saturated heterocycles. The first-order valence-corrected chi connectivity index (χ1v) is 8.52. The number of hydrogen-bond acceptors (Lipinski definition) is 6. The van der Waals surface area contributed by atoms with Gasteiger partial charge in [0.25, 0.3) is 0 Å². The normalized spacial score (nSPS) is 12.2. The molecule has 24 heavy (non-hydrogen) atoms. The second-order valence-electron chi connectivity index (χ2n) is 5.37. The average Bonchev–Trinajstić information content (AvgIpc) is 3.03. The highest BCUT2D eigenvalue weighted by molar-refractivity contribution is 7.13. The lowest BCUT2D eigenvalue weighted by atomic mass is 10.2. The highest BCUT2D eigenvalue weighted by Gasteiger charge is 2.18. The van der Waals surface area contributed by atoms with Crippen molar-refractivity contribution in [2.24, 2.45) is 0 Å². The lowest BCUT2D eigenvalue weighted by Gasteiger charge is -2.19. The Morgan fingerprint density at radius 1 is 1.42 bits per heavy atom. The molecule has 0 aliphatic carbocycles. The Morgan fingerprint density at radius 3 is 2.79 bits per heavy atom. The zero-order valence-electron chi connectivity index (χ0n) is 14.3. The van der Waals surface area contributed by atoms with Crippen molar-refractivity contribution in [3.8, 4) is 22.1 Å². The molecule has 0 bridgehead atoms. The van der Waals surface area contributed by atoms with Crippen LogP contribution in [0.4, 0.5) is 0 Å². The molecule has 6 nitrogen and oxygen atoms in total. The van der Waals surface area contributed by atoms with Gasteiger partial charge in [-0.2, -0.15) is 0 Å². The molecule has 1 unspecified atom stereocenters. The second kappa shape index (κ2) is 8.12. The fraction of sp³-hybridized carbons (Fsp3) is 0.412. The Bertz CT molecular complexity index is 702. The Labute approximate surface area is 145 Å². The fourth-order valence-corrected chi connectivity index (χ4v) is 2.98. The Kier molecular flexibility index (Phi) is 6.16. The van der Waals surface area contributed by atoms with Gasteiger partial charge in [0.2, 0.25) is 0 Å². The predicted octanol–water partition coefficient (Wildman–Crippen LogP) is 3.12. The van der Waals surface area contributed by atoms with Crippen molar-refractivity contribution in [1.29, 1.82) is 0 Å². The van der Waals surface area contributed by atoms with E-state index in [0.717, 1.165) is 16.3 Å². The van der Waals surface area contributed by atoms with Crippen LogP contribution in [0.5, 0.6) is 11.5 Å². The van der Waals surface area contributed by atoms with Gasteiger partial charge in [0, 0.05) is 17.5 Å². The molecular weight excluding hydrogens is 328 g/mol. The van der Waals surface area contributed by atoms with Crippen LogP contribution in [0.25, 0.3) is 10.6 Å². The maximum Gasteiger partial charge on any atom is 0.320 e. The number of aromatic nitrogens is 1. The quantitative estimate of drug-likeness (QED) is 0.789. The molecule has 0 radical (unpaired) electrons. The maximum absolute atomic E-state index is 11.0. The number of benzene rings is 1. The van der Waals surface area contributed by atoms with Crippen LogP contribution in [0.15, 0.2) is 23.6 Å². The number of nitrogens with zero attached hydrogens (tertiary/aromatic N) is 2. The molecule has 1 heterocycles. The molecule has 0 amide bonds. The maximum atomic E-state index is 11.0. The molecule has 7 heteroatoms. The van der Waals surface area contributed by atoms with Gasteiger partial charge in [-0.3, -0.25) is 9.69 Å². The first-order valence-electron chi connectivity index (χ1n) is 7.64. The summed E-state index contributed by atoms with van der Waals surface area (Å²) < 4.78 is 10.9. The van der Waals surface area contributed by atoms with Gasteiger partial charge in [-0.1, -0.05) is 0 Å². The third kappa shape index (κ3) is 4.24. The standard InChI is InChI=1S/C17H22N2O4S/c1-5-23-14-7-6-12(8-15(14)22-4)16-18-13(10-24-16)9-19(3)11(2)17(20)21/h6-8,10-11H,5,9H2,1-4H3,(H,20,21). The number of carbonyl (C=O) groups is 1. The smallest absolute Gasteiger partial charge is 0.320 e. The van der Waals surface area contributed by atoms with Crippen LogP contribution in [0.2, 0.25) is 0 Å². The highest BCUT2D eigenvalue weighted by atomic mass is 32.1. The molecule has 0 aliphatic heterocycles. The van der Waals surface area contributed by atoms with Gasteiger partial charge in [-0.05, 0) is 39.1 Å². The number of methoxy groups -OCH3 is 1. The summed E-state index contributed by atoms with van der Waals surface area (Å²) in [5, 5.41) is 11.9. The first kappa shape index (κ1) is 18.2. The van der Waals surface area contributed by atoms with E-state index in [-0.39, 0.29) is 0 Å². The number of ether oxygens (including phenoxy) is 2. The van der Waals surface area contributed by atoms with E-state index in [2.05, 4.69) is 4.98 Å². The van der Waals surface area contributed by atoms with Crippen LogP contribution in [-0.4, -0.2) is 47.8 Å². The van der Waals surface area contributed by atoms with Crippen LogP contribution in [0.3, 0.4) is 0 Å². The minimum atomic E-state index is -0.843. The van der Waals surface area contributed by atoms with Crippen molar-refractivity contribution >= 4 is 17.3 Å². The zero-order chi connectivity index (χ0) is 17.7. The van der Waals surface area contributed by atoms with Crippen molar-refractivity contribution in [2.45, 2.75) is 26.4 Å². The van der Waals surface area contributed by atoms with Crippen molar-refractivity contribution in [3.05, 3.63) is 29.3 Å². The summed E-state index contributed by atoms with van der Waals surface area (Å²) in [7, 11) is 3.38. The summed E-state index contributed by atoms with van der Waals surface area (Å²) in [6.45, 7) is 4.64. The van der Waals surface area contributed by atoms with Crippen LogP contribution < -0.4 is 9.47 Å². The van der Waals surface area contributed by atoms with Gasteiger partial charge in [0.05, 0.1) is 19.4 Å². The van der Waals surface area contributed by atoms with Gasteiger partial charge >= 0.3 is 5.97 Å². The van der Waals surface area contributed by atoms with Crippen LogP contribution in [-0.2, 0) is 11.3 Å². The molecule has 1 aromatic heterocycles. The summed E-state index contributed by atoms with van der Waals surface area (Å²) in [5.74, 6) is 0.530. The lowest BCUT2D eigenvalue weighted by molar-refractivity contribution is -0.142. The first-order chi connectivity index (χ1) is 11.5. The highest BCUT2D eigenvalue weighted by Crippen LogP contribution is 2.33. The van der Waals surface area contributed by atoms with Gasteiger partial charge in [0.15, 0.2) is 11.5 Å². The van der Waals surface area contributed by atoms with Gasteiger partial charge in [-0.25, -0.2) is 4.98 Å². The molecule has 130 valence electrons. The molecule has 0 aliphatic rings. The largest absolute Gasteiger partial charge is 0.493 e. The van der Waals surface area contributed by atoms with E-state index >= 15 is 0 Å². The van der Waals surface area contributed by atoms with Crippen molar-refractivity contribution in [1.82, 2.24) is 9.88 Å². The number of likely N-dealkylation sites (N-methyl/N-ethyl adjacent to an activating group) is 1.